The predicted octanol–water partition coefficient (Wildman–Crippen LogP) is 2.73. The molecule has 1 saturated carbocycles. The van der Waals surface area contributed by atoms with Crippen LogP contribution in [0.5, 0.6) is 5.75 Å². The van der Waals surface area contributed by atoms with Crippen molar-refractivity contribution in [3.63, 3.8) is 0 Å². The number of hydrogen-bond donors (Lipinski definition) is 1. The van der Waals surface area contributed by atoms with Crippen LogP contribution in [-0.4, -0.2) is 31.0 Å². The molecule has 110 valence electrons. The second-order valence-electron chi connectivity index (χ2n) is 5.99. The normalized spacial score (nSPS) is 25.2. The molecule has 1 heterocycles. The third-order valence-electron chi connectivity index (χ3n) is 4.55. The van der Waals surface area contributed by atoms with E-state index in [1.165, 1.54) is 11.1 Å². The SMILES string of the molecule is OCC1CCC(OCCc2ccc3c(c2)CCO3)CC1. The maximum Gasteiger partial charge on any atom is 0.122 e. The van der Waals surface area contributed by atoms with Crippen molar-refractivity contribution in [2.75, 3.05) is 19.8 Å². The highest BCUT2D eigenvalue weighted by Gasteiger charge is 2.20. The first-order valence-corrected chi connectivity index (χ1v) is 7.82. The number of aliphatic hydroxyl groups excluding tert-OH is 1. The summed E-state index contributed by atoms with van der Waals surface area (Å²) in [4.78, 5) is 0. The molecule has 1 N–H and O–H groups in total. The van der Waals surface area contributed by atoms with Gasteiger partial charge >= 0.3 is 0 Å². The van der Waals surface area contributed by atoms with Crippen molar-refractivity contribution >= 4 is 0 Å². The zero-order chi connectivity index (χ0) is 13.8. The highest BCUT2D eigenvalue weighted by molar-refractivity contribution is 5.39. The third-order valence-corrected chi connectivity index (χ3v) is 4.55. The van der Waals surface area contributed by atoms with E-state index in [2.05, 4.69) is 18.2 Å². The minimum absolute atomic E-state index is 0.337. The Morgan fingerprint density at radius 1 is 1.20 bits per heavy atom. The summed E-state index contributed by atoms with van der Waals surface area (Å²) in [7, 11) is 0. The second kappa shape index (κ2) is 6.59. The second-order valence-corrected chi connectivity index (χ2v) is 5.99. The Kier molecular flexibility index (Phi) is 4.58. The molecule has 1 aromatic rings. The van der Waals surface area contributed by atoms with Crippen molar-refractivity contribution in [1.29, 1.82) is 0 Å². The molecule has 0 amide bonds. The van der Waals surface area contributed by atoms with Crippen LogP contribution in [0.1, 0.15) is 36.8 Å². The van der Waals surface area contributed by atoms with Crippen LogP contribution in [0.25, 0.3) is 0 Å². The van der Waals surface area contributed by atoms with Gasteiger partial charge in [0.05, 0.1) is 19.3 Å². The standard InChI is InChI=1S/C17H24O3/c18-12-14-1-4-16(5-2-14)19-9-7-13-3-6-17-15(11-13)8-10-20-17/h3,6,11,14,16,18H,1-2,4-5,7-10,12H2. The zero-order valence-corrected chi connectivity index (χ0v) is 12.0. The lowest BCUT2D eigenvalue weighted by Crippen LogP contribution is -2.24. The highest BCUT2D eigenvalue weighted by atomic mass is 16.5. The van der Waals surface area contributed by atoms with Crippen LogP contribution in [0.4, 0.5) is 0 Å². The van der Waals surface area contributed by atoms with Crippen molar-refractivity contribution in [2.45, 2.75) is 44.6 Å². The van der Waals surface area contributed by atoms with E-state index in [0.717, 1.165) is 57.5 Å². The quantitative estimate of drug-likeness (QED) is 0.898. The van der Waals surface area contributed by atoms with Crippen LogP contribution in [-0.2, 0) is 17.6 Å². The van der Waals surface area contributed by atoms with Crippen LogP contribution in [0.2, 0.25) is 0 Å². The zero-order valence-electron chi connectivity index (χ0n) is 12.0. The lowest BCUT2D eigenvalue weighted by molar-refractivity contribution is 0.0129. The molecule has 0 unspecified atom stereocenters. The van der Waals surface area contributed by atoms with Gasteiger partial charge < -0.3 is 14.6 Å². The van der Waals surface area contributed by atoms with Gasteiger partial charge in [0.2, 0.25) is 0 Å². The lowest BCUT2D eigenvalue weighted by Gasteiger charge is -2.27. The monoisotopic (exact) mass is 276 g/mol. The average molecular weight is 276 g/mol. The van der Waals surface area contributed by atoms with E-state index in [9.17, 15) is 0 Å². The van der Waals surface area contributed by atoms with Gasteiger partial charge in [-0.2, -0.15) is 0 Å². The van der Waals surface area contributed by atoms with Gasteiger partial charge in [-0.15, -0.1) is 0 Å². The Morgan fingerprint density at radius 2 is 2.05 bits per heavy atom. The molecule has 0 saturated heterocycles. The number of ether oxygens (including phenoxy) is 2. The first-order valence-electron chi connectivity index (χ1n) is 7.82. The molecule has 3 nitrogen and oxygen atoms in total. The summed E-state index contributed by atoms with van der Waals surface area (Å²) in [6.45, 7) is 1.96. The summed E-state index contributed by atoms with van der Waals surface area (Å²) in [5.41, 5.74) is 2.68. The van der Waals surface area contributed by atoms with E-state index < -0.39 is 0 Å². The van der Waals surface area contributed by atoms with E-state index in [1.54, 1.807) is 0 Å². The van der Waals surface area contributed by atoms with Crippen molar-refractivity contribution < 1.29 is 14.6 Å². The Hall–Kier alpha value is -1.06. The fraction of sp³-hybridized carbons (Fsp3) is 0.647. The van der Waals surface area contributed by atoms with E-state index in [0.29, 0.717) is 18.6 Å². The Bertz CT molecular complexity index is 436. The lowest BCUT2D eigenvalue weighted by atomic mass is 9.88. The molecule has 0 bridgehead atoms. The largest absolute Gasteiger partial charge is 0.493 e. The smallest absolute Gasteiger partial charge is 0.122 e. The van der Waals surface area contributed by atoms with Gasteiger partial charge in [0.15, 0.2) is 0 Å². The van der Waals surface area contributed by atoms with Gasteiger partial charge in [-0.1, -0.05) is 12.1 Å². The minimum atomic E-state index is 0.337. The van der Waals surface area contributed by atoms with Gasteiger partial charge in [-0.05, 0) is 55.2 Å². The Balaban J connectivity index is 1.42. The first-order chi connectivity index (χ1) is 9.85. The van der Waals surface area contributed by atoms with E-state index >= 15 is 0 Å². The molecule has 2 aliphatic rings. The fourth-order valence-electron chi connectivity index (χ4n) is 3.22. The van der Waals surface area contributed by atoms with Gasteiger partial charge in [-0.25, -0.2) is 0 Å². The fourth-order valence-corrected chi connectivity index (χ4v) is 3.22. The molecule has 1 aromatic carbocycles. The van der Waals surface area contributed by atoms with Crippen LogP contribution < -0.4 is 4.74 Å². The minimum Gasteiger partial charge on any atom is -0.493 e. The average Bonchev–Trinajstić information content (AvgIpc) is 2.95. The van der Waals surface area contributed by atoms with Crippen LogP contribution in [0.3, 0.4) is 0 Å². The van der Waals surface area contributed by atoms with E-state index in [1.807, 2.05) is 0 Å². The van der Waals surface area contributed by atoms with E-state index in [-0.39, 0.29) is 0 Å². The predicted molar refractivity (Wildman–Crippen MR) is 78.1 cm³/mol. The highest BCUT2D eigenvalue weighted by Crippen LogP contribution is 2.27. The molecule has 0 atom stereocenters. The molecule has 1 aliphatic carbocycles. The molecule has 0 spiro atoms. The summed E-state index contributed by atoms with van der Waals surface area (Å²) < 4.78 is 11.5. The summed E-state index contributed by atoms with van der Waals surface area (Å²) in [6, 6.07) is 6.49. The van der Waals surface area contributed by atoms with Crippen LogP contribution >= 0.6 is 0 Å². The maximum absolute atomic E-state index is 9.13. The van der Waals surface area contributed by atoms with E-state index in [4.69, 9.17) is 14.6 Å². The van der Waals surface area contributed by atoms with Crippen LogP contribution in [0, 0.1) is 5.92 Å². The Morgan fingerprint density at radius 3 is 2.85 bits per heavy atom. The van der Waals surface area contributed by atoms with Crippen molar-refractivity contribution in [3.05, 3.63) is 29.3 Å². The van der Waals surface area contributed by atoms with Crippen molar-refractivity contribution in [1.82, 2.24) is 0 Å². The van der Waals surface area contributed by atoms with Gasteiger partial charge in [-0.3, -0.25) is 0 Å². The molecule has 3 heteroatoms. The summed E-state index contributed by atoms with van der Waals surface area (Å²) in [5, 5.41) is 9.13. The van der Waals surface area contributed by atoms with Crippen LogP contribution in [0.15, 0.2) is 18.2 Å². The van der Waals surface area contributed by atoms with Gasteiger partial charge in [0.1, 0.15) is 5.75 Å². The summed E-state index contributed by atoms with van der Waals surface area (Å²) in [5.74, 6) is 1.56. The molecule has 1 aliphatic heterocycles. The molecule has 0 radical (unpaired) electrons. The summed E-state index contributed by atoms with van der Waals surface area (Å²) in [6.07, 6.45) is 6.83. The molecule has 3 rings (SSSR count). The molecule has 1 fully saturated rings. The topological polar surface area (TPSA) is 38.7 Å². The number of rotatable bonds is 5. The molecular formula is C17H24O3. The maximum atomic E-state index is 9.13. The number of hydrogen-bond acceptors (Lipinski definition) is 3. The third kappa shape index (κ3) is 3.33. The molecule has 0 aromatic heterocycles. The number of aliphatic hydroxyl groups is 1. The number of benzene rings is 1. The molecule has 20 heavy (non-hydrogen) atoms. The van der Waals surface area contributed by atoms with Crippen molar-refractivity contribution in [2.24, 2.45) is 5.92 Å². The first kappa shape index (κ1) is 13.9. The van der Waals surface area contributed by atoms with Gasteiger partial charge in [0.25, 0.3) is 0 Å². The molecular weight excluding hydrogens is 252 g/mol. The number of fused-ring (bicyclic) bond motifs is 1. The van der Waals surface area contributed by atoms with Gasteiger partial charge in [0, 0.05) is 13.0 Å². The summed E-state index contributed by atoms with van der Waals surface area (Å²) >= 11 is 0. The van der Waals surface area contributed by atoms with Crippen molar-refractivity contribution in [3.8, 4) is 5.75 Å². The Labute approximate surface area is 120 Å².